The second-order valence-corrected chi connectivity index (χ2v) is 9.91. The predicted molar refractivity (Wildman–Crippen MR) is 126 cm³/mol. The largest absolute Gasteiger partial charge is 0.350 e. The second kappa shape index (κ2) is 10.6. The van der Waals surface area contributed by atoms with Crippen LogP contribution >= 0.6 is 0 Å². The summed E-state index contributed by atoms with van der Waals surface area (Å²) in [5.41, 5.74) is 1.67. The lowest BCUT2D eigenvalue weighted by Gasteiger charge is -2.29. The van der Waals surface area contributed by atoms with Crippen molar-refractivity contribution in [2.45, 2.75) is 32.7 Å². The third-order valence-electron chi connectivity index (χ3n) is 5.27. The molecule has 170 valence electrons. The molecule has 1 saturated heterocycles. The maximum atomic E-state index is 12.8. The van der Waals surface area contributed by atoms with Crippen molar-refractivity contribution in [3.63, 3.8) is 0 Å². The molecule has 1 aliphatic rings. The van der Waals surface area contributed by atoms with E-state index in [2.05, 4.69) is 10.6 Å². The average Bonchev–Trinajstić information content (AvgIpc) is 2.78. The summed E-state index contributed by atoms with van der Waals surface area (Å²) in [6.07, 6.45) is 2.42. The summed E-state index contributed by atoms with van der Waals surface area (Å²) in [6, 6.07) is 16.1. The molecule has 3 rings (SSSR count). The molecule has 2 aromatic rings. The summed E-state index contributed by atoms with van der Waals surface area (Å²) < 4.78 is 26.7. The first kappa shape index (κ1) is 23.7. The Bertz CT molecular complexity index is 1070. The van der Waals surface area contributed by atoms with E-state index in [1.165, 1.54) is 9.71 Å². The van der Waals surface area contributed by atoms with Crippen LogP contribution in [0.4, 0.5) is 5.69 Å². The van der Waals surface area contributed by atoms with Crippen LogP contribution in [0.2, 0.25) is 0 Å². The number of nitrogens with zero attached hydrogens (tertiary/aromatic N) is 1. The lowest BCUT2D eigenvalue weighted by atomic mass is 9.97. The Morgan fingerprint density at radius 2 is 1.62 bits per heavy atom. The van der Waals surface area contributed by atoms with Gasteiger partial charge in [0.05, 0.1) is 11.3 Å². The summed E-state index contributed by atoms with van der Waals surface area (Å²) in [4.78, 5) is 25.2. The molecule has 2 N–H and O–H groups in total. The molecule has 2 amide bonds. The number of rotatable bonds is 7. The normalized spacial score (nSPS) is 15.7. The Morgan fingerprint density at radius 3 is 2.28 bits per heavy atom. The van der Waals surface area contributed by atoms with Gasteiger partial charge in [0.15, 0.2) is 0 Å². The van der Waals surface area contributed by atoms with Crippen LogP contribution in [-0.4, -0.2) is 43.7 Å². The van der Waals surface area contributed by atoms with E-state index in [1.807, 2.05) is 44.2 Å². The van der Waals surface area contributed by atoms with Gasteiger partial charge in [-0.15, -0.1) is 0 Å². The van der Waals surface area contributed by atoms with Crippen LogP contribution in [0.5, 0.6) is 0 Å². The highest BCUT2D eigenvalue weighted by atomic mass is 32.2. The topological polar surface area (TPSA) is 95.6 Å². The van der Waals surface area contributed by atoms with Gasteiger partial charge in [0.25, 0.3) is 5.91 Å². The number of sulfonamides is 1. The second-order valence-electron chi connectivity index (χ2n) is 8.09. The Balaban J connectivity index is 1.59. The first-order chi connectivity index (χ1) is 15.3. The van der Waals surface area contributed by atoms with Crippen molar-refractivity contribution >= 4 is 33.6 Å². The third kappa shape index (κ3) is 6.27. The Hall–Kier alpha value is -2.97. The number of para-hydroxylation sites is 1. The van der Waals surface area contributed by atoms with Crippen molar-refractivity contribution in [2.24, 2.45) is 5.92 Å². The number of anilines is 1. The fourth-order valence-electron chi connectivity index (χ4n) is 3.55. The van der Waals surface area contributed by atoms with E-state index < -0.39 is 10.0 Å². The quantitative estimate of drug-likeness (QED) is 0.668. The van der Waals surface area contributed by atoms with Crippen LogP contribution < -0.4 is 10.6 Å². The summed E-state index contributed by atoms with van der Waals surface area (Å²) in [6.45, 7) is 4.29. The van der Waals surface area contributed by atoms with Gasteiger partial charge >= 0.3 is 0 Å². The van der Waals surface area contributed by atoms with Gasteiger partial charge in [0, 0.05) is 30.5 Å². The minimum atomic E-state index is -3.55. The van der Waals surface area contributed by atoms with Crippen molar-refractivity contribution in [2.75, 3.05) is 18.4 Å². The average molecular weight is 456 g/mol. The fraction of sp³-hybridized carbons (Fsp3) is 0.333. The maximum Gasteiger partial charge on any atom is 0.253 e. The summed E-state index contributed by atoms with van der Waals surface area (Å²) in [7, 11) is -3.55. The molecule has 32 heavy (non-hydrogen) atoms. The third-order valence-corrected chi connectivity index (χ3v) is 6.83. The first-order valence-electron chi connectivity index (χ1n) is 10.7. The van der Waals surface area contributed by atoms with Crippen molar-refractivity contribution < 1.29 is 18.0 Å². The number of nitrogens with one attached hydrogen (secondary N) is 2. The highest BCUT2D eigenvalue weighted by Gasteiger charge is 2.30. The lowest BCUT2D eigenvalue weighted by molar-refractivity contribution is -0.120. The molecular formula is C24H29N3O4S. The molecule has 0 aromatic heterocycles. The molecule has 0 spiro atoms. The summed E-state index contributed by atoms with van der Waals surface area (Å²) in [5, 5.41) is 6.90. The molecule has 2 aromatic carbocycles. The van der Waals surface area contributed by atoms with Gasteiger partial charge < -0.3 is 10.6 Å². The van der Waals surface area contributed by atoms with E-state index in [1.54, 1.807) is 30.3 Å². The van der Waals surface area contributed by atoms with Crippen LogP contribution in [0, 0.1) is 5.92 Å². The van der Waals surface area contributed by atoms with Crippen LogP contribution in [0.25, 0.3) is 6.08 Å². The van der Waals surface area contributed by atoms with E-state index in [-0.39, 0.29) is 36.9 Å². The maximum absolute atomic E-state index is 12.8. The molecule has 0 aliphatic carbocycles. The van der Waals surface area contributed by atoms with Crippen molar-refractivity contribution in [3.8, 4) is 0 Å². The van der Waals surface area contributed by atoms with E-state index in [9.17, 15) is 18.0 Å². The zero-order valence-electron chi connectivity index (χ0n) is 18.3. The number of benzene rings is 2. The number of hydrogen-bond donors (Lipinski definition) is 2. The molecular weight excluding hydrogens is 426 g/mol. The van der Waals surface area contributed by atoms with Gasteiger partial charge in [-0.25, -0.2) is 8.42 Å². The number of amides is 2. The molecule has 1 aliphatic heterocycles. The van der Waals surface area contributed by atoms with Gasteiger partial charge in [0.2, 0.25) is 15.9 Å². The molecule has 0 unspecified atom stereocenters. The number of hydrogen-bond acceptors (Lipinski definition) is 4. The molecule has 0 bridgehead atoms. The van der Waals surface area contributed by atoms with E-state index >= 15 is 0 Å². The van der Waals surface area contributed by atoms with Gasteiger partial charge in [0.1, 0.15) is 0 Å². The zero-order valence-corrected chi connectivity index (χ0v) is 19.1. The molecule has 0 saturated carbocycles. The van der Waals surface area contributed by atoms with Crippen molar-refractivity contribution in [3.05, 3.63) is 71.1 Å². The van der Waals surface area contributed by atoms with Gasteiger partial charge in [-0.1, -0.05) is 42.5 Å². The van der Waals surface area contributed by atoms with Gasteiger partial charge in [-0.05, 0) is 50.5 Å². The number of carbonyl (C=O) groups excluding carboxylic acids is 2. The molecule has 8 heteroatoms. The van der Waals surface area contributed by atoms with E-state index in [0.717, 1.165) is 5.56 Å². The number of piperidine rings is 1. The van der Waals surface area contributed by atoms with E-state index in [4.69, 9.17) is 0 Å². The molecule has 1 heterocycles. The Kier molecular flexibility index (Phi) is 7.82. The smallest absolute Gasteiger partial charge is 0.253 e. The van der Waals surface area contributed by atoms with E-state index in [0.29, 0.717) is 24.1 Å². The zero-order chi connectivity index (χ0) is 23.1. The number of carbonyl (C=O) groups is 2. The molecule has 0 radical (unpaired) electrons. The minimum Gasteiger partial charge on any atom is -0.350 e. The van der Waals surface area contributed by atoms with Crippen molar-refractivity contribution in [1.29, 1.82) is 0 Å². The summed E-state index contributed by atoms with van der Waals surface area (Å²) >= 11 is 0. The molecule has 7 nitrogen and oxygen atoms in total. The lowest BCUT2D eigenvalue weighted by Crippen LogP contribution is -2.40. The SMILES string of the molecule is CC(C)NC(=O)c1ccccc1NC(=O)C1CCN(S(=O)(=O)/C=C/c2ccccc2)CC1. The van der Waals surface area contributed by atoms with Crippen LogP contribution in [0.3, 0.4) is 0 Å². The Labute approximate surface area is 189 Å². The van der Waals surface area contributed by atoms with Gasteiger partial charge in [-0.3, -0.25) is 9.59 Å². The highest BCUT2D eigenvalue weighted by molar-refractivity contribution is 7.92. The van der Waals surface area contributed by atoms with Crippen LogP contribution in [0.1, 0.15) is 42.6 Å². The highest BCUT2D eigenvalue weighted by Crippen LogP contribution is 2.24. The summed E-state index contributed by atoms with van der Waals surface area (Å²) in [5.74, 6) is -0.769. The monoisotopic (exact) mass is 455 g/mol. The molecule has 0 atom stereocenters. The van der Waals surface area contributed by atoms with Crippen LogP contribution in [-0.2, 0) is 14.8 Å². The van der Waals surface area contributed by atoms with Crippen molar-refractivity contribution in [1.82, 2.24) is 9.62 Å². The minimum absolute atomic E-state index is 0.0199. The standard InChI is InChI=1S/C24H29N3O4S/c1-18(2)25-24(29)21-10-6-7-11-22(21)26-23(28)20-12-15-27(16-13-20)32(30,31)17-14-19-8-4-3-5-9-19/h3-11,14,17-18,20H,12-13,15-16H2,1-2H3,(H,25,29)(H,26,28)/b17-14+. The Morgan fingerprint density at radius 1 is 1.00 bits per heavy atom. The predicted octanol–water partition coefficient (Wildman–Crippen LogP) is 3.48. The fourth-order valence-corrected chi connectivity index (χ4v) is 4.77. The van der Waals surface area contributed by atoms with Gasteiger partial charge in [-0.2, -0.15) is 4.31 Å². The molecule has 1 fully saturated rings. The van der Waals surface area contributed by atoms with Crippen LogP contribution in [0.15, 0.2) is 60.0 Å². The first-order valence-corrected chi connectivity index (χ1v) is 12.2.